The van der Waals surface area contributed by atoms with Gasteiger partial charge in [0.1, 0.15) is 0 Å². The molecule has 18 heavy (non-hydrogen) atoms. The number of likely N-dealkylation sites (N-methyl/N-ethyl adjacent to an activating group) is 1. The summed E-state index contributed by atoms with van der Waals surface area (Å²) in [5.41, 5.74) is 2.22. The van der Waals surface area contributed by atoms with Crippen LogP contribution in [0.1, 0.15) is 5.56 Å². The Morgan fingerprint density at radius 2 is 1.89 bits per heavy atom. The molecule has 0 aliphatic heterocycles. The second kappa shape index (κ2) is 7.55. The Balaban J connectivity index is 2.31. The van der Waals surface area contributed by atoms with Gasteiger partial charge in [-0.15, -0.1) is 0 Å². The van der Waals surface area contributed by atoms with Crippen LogP contribution in [-0.4, -0.2) is 49.8 Å². The maximum atomic E-state index is 10.3. The molecule has 100 valence electrons. The van der Waals surface area contributed by atoms with Crippen molar-refractivity contribution >= 4 is 11.8 Å². The van der Waals surface area contributed by atoms with Gasteiger partial charge in [-0.1, -0.05) is 12.1 Å². The van der Waals surface area contributed by atoms with Crippen molar-refractivity contribution in [2.24, 2.45) is 0 Å². The van der Waals surface area contributed by atoms with E-state index in [-0.39, 0.29) is 0 Å². The van der Waals surface area contributed by atoms with Crippen molar-refractivity contribution in [2.45, 2.75) is 6.42 Å². The Morgan fingerprint density at radius 1 is 1.22 bits per heavy atom. The third-order valence-corrected chi connectivity index (χ3v) is 2.53. The van der Waals surface area contributed by atoms with E-state index in [0.717, 1.165) is 24.3 Å². The van der Waals surface area contributed by atoms with Gasteiger partial charge in [-0.25, -0.2) is 4.79 Å². The molecule has 0 aromatic heterocycles. The number of amides is 1. The molecule has 0 saturated heterocycles. The van der Waals surface area contributed by atoms with E-state index in [2.05, 4.69) is 15.5 Å². The summed E-state index contributed by atoms with van der Waals surface area (Å²) >= 11 is 0. The molecule has 0 atom stereocenters. The summed E-state index contributed by atoms with van der Waals surface area (Å²) in [6.45, 7) is 2.35. The molecule has 5 heteroatoms. The number of hydrogen-bond acceptors (Lipinski definition) is 3. The quantitative estimate of drug-likeness (QED) is 0.686. The number of benzene rings is 1. The molecule has 1 rings (SSSR count). The Bertz CT molecular complexity index is 363. The van der Waals surface area contributed by atoms with Gasteiger partial charge in [0, 0.05) is 25.3 Å². The number of rotatable bonds is 7. The van der Waals surface area contributed by atoms with Gasteiger partial charge >= 0.3 is 6.09 Å². The van der Waals surface area contributed by atoms with Crippen LogP contribution < -0.4 is 10.6 Å². The van der Waals surface area contributed by atoms with Gasteiger partial charge in [0.25, 0.3) is 0 Å². The lowest BCUT2D eigenvalue weighted by Gasteiger charge is -2.11. The summed E-state index contributed by atoms with van der Waals surface area (Å²) in [5, 5.41) is 14.1. The highest BCUT2D eigenvalue weighted by Crippen LogP contribution is 2.09. The van der Waals surface area contributed by atoms with E-state index in [1.54, 1.807) is 0 Å². The third-order valence-electron chi connectivity index (χ3n) is 2.53. The fourth-order valence-electron chi connectivity index (χ4n) is 1.53. The molecule has 0 aliphatic carbocycles. The Kier molecular flexibility index (Phi) is 6.00. The number of carboxylic acid groups (broad SMARTS) is 1. The Labute approximate surface area is 108 Å². The summed E-state index contributed by atoms with van der Waals surface area (Å²) in [6.07, 6.45) is -0.262. The molecule has 0 unspecified atom stereocenters. The summed E-state index contributed by atoms with van der Waals surface area (Å²) in [4.78, 5) is 12.4. The molecule has 0 aliphatic rings. The molecule has 0 radical (unpaired) electrons. The predicted molar refractivity (Wildman–Crippen MR) is 73.2 cm³/mol. The van der Waals surface area contributed by atoms with Crippen molar-refractivity contribution in [3.05, 3.63) is 29.8 Å². The first kappa shape index (κ1) is 14.3. The average molecular weight is 251 g/mol. The van der Waals surface area contributed by atoms with E-state index in [0.29, 0.717) is 13.0 Å². The minimum absolute atomic E-state index is 0.447. The molecule has 5 nitrogen and oxygen atoms in total. The number of nitrogens with zero attached hydrogens (tertiary/aromatic N) is 1. The summed E-state index contributed by atoms with van der Waals surface area (Å²) < 4.78 is 0. The predicted octanol–water partition coefficient (Wildman–Crippen LogP) is 1.47. The van der Waals surface area contributed by atoms with Gasteiger partial charge in [0.15, 0.2) is 0 Å². The van der Waals surface area contributed by atoms with Crippen LogP contribution in [0.2, 0.25) is 0 Å². The van der Waals surface area contributed by atoms with E-state index in [9.17, 15) is 4.79 Å². The number of anilines is 1. The molecule has 3 N–H and O–H groups in total. The van der Waals surface area contributed by atoms with E-state index >= 15 is 0 Å². The molecule has 0 spiro atoms. The highest BCUT2D eigenvalue weighted by atomic mass is 16.4. The van der Waals surface area contributed by atoms with Crippen LogP contribution in [0, 0.1) is 0 Å². The van der Waals surface area contributed by atoms with Gasteiger partial charge in [0.2, 0.25) is 0 Å². The minimum atomic E-state index is -0.975. The fourth-order valence-corrected chi connectivity index (χ4v) is 1.53. The first-order valence-electron chi connectivity index (χ1n) is 6.02. The zero-order chi connectivity index (χ0) is 13.4. The van der Waals surface area contributed by atoms with Crippen molar-refractivity contribution in [1.29, 1.82) is 0 Å². The molecule has 0 fully saturated rings. The second-order valence-corrected chi connectivity index (χ2v) is 4.41. The van der Waals surface area contributed by atoms with Crippen molar-refractivity contribution in [2.75, 3.05) is 39.0 Å². The van der Waals surface area contributed by atoms with Gasteiger partial charge in [-0.3, -0.25) is 0 Å². The zero-order valence-corrected chi connectivity index (χ0v) is 10.9. The molecule has 0 bridgehead atoms. The highest BCUT2D eigenvalue weighted by molar-refractivity contribution is 5.64. The van der Waals surface area contributed by atoms with E-state index < -0.39 is 6.09 Å². The van der Waals surface area contributed by atoms with E-state index in [4.69, 9.17) is 5.11 Å². The number of nitrogens with one attached hydrogen (secondary N) is 2. The third kappa shape index (κ3) is 6.10. The monoisotopic (exact) mass is 251 g/mol. The zero-order valence-electron chi connectivity index (χ0n) is 10.9. The SMILES string of the molecule is CN(C)CCNc1ccc(CCNC(=O)O)cc1. The first-order valence-corrected chi connectivity index (χ1v) is 6.02. The molecule has 1 aromatic carbocycles. The molecule has 1 aromatic rings. The maximum absolute atomic E-state index is 10.3. The van der Waals surface area contributed by atoms with Crippen LogP contribution in [0.25, 0.3) is 0 Å². The van der Waals surface area contributed by atoms with Crippen LogP contribution >= 0.6 is 0 Å². The lowest BCUT2D eigenvalue weighted by molar-refractivity contribution is 0.194. The van der Waals surface area contributed by atoms with Crippen LogP contribution in [0.3, 0.4) is 0 Å². The van der Waals surface area contributed by atoms with Crippen molar-refractivity contribution in [3.63, 3.8) is 0 Å². The molecule has 1 amide bonds. The average Bonchev–Trinajstić information content (AvgIpc) is 2.30. The standard InChI is InChI=1S/C13H21N3O2/c1-16(2)10-9-14-12-5-3-11(4-6-12)7-8-15-13(17)18/h3-6,14-15H,7-10H2,1-2H3,(H,17,18). The van der Waals surface area contributed by atoms with Crippen LogP contribution in [0.5, 0.6) is 0 Å². The van der Waals surface area contributed by atoms with Gasteiger partial charge in [-0.2, -0.15) is 0 Å². The summed E-state index contributed by atoms with van der Waals surface area (Å²) in [6, 6.07) is 8.07. The van der Waals surface area contributed by atoms with Crippen molar-refractivity contribution < 1.29 is 9.90 Å². The van der Waals surface area contributed by atoms with Gasteiger partial charge in [0.05, 0.1) is 0 Å². The first-order chi connectivity index (χ1) is 8.58. The van der Waals surface area contributed by atoms with Crippen LogP contribution in [-0.2, 0) is 6.42 Å². The topological polar surface area (TPSA) is 64.6 Å². The fraction of sp³-hybridized carbons (Fsp3) is 0.462. The Hall–Kier alpha value is -1.75. The Morgan fingerprint density at radius 3 is 2.44 bits per heavy atom. The number of hydrogen-bond donors (Lipinski definition) is 3. The number of carbonyl (C=O) groups is 1. The largest absolute Gasteiger partial charge is 0.465 e. The normalized spacial score (nSPS) is 10.4. The lowest BCUT2D eigenvalue weighted by Crippen LogP contribution is -2.23. The van der Waals surface area contributed by atoms with Crippen LogP contribution in [0.4, 0.5) is 10.5 Å². The summed E-state index contributed by atoms with van der Waals surface area (Å²) in [5.74, 6) is 0. The van der Waals surface area contributed by atoms with Gasteiger partial charge in [-0.05, 0) is 38.2 Å². The lowest BCUT2D eigenvalue weighted by atomic mass is 10.1. The smallest absolute Gasteiger partial charge is 0.404 e. The summed E-state index contributed by atoms with van der Waals surface area (Å²) in [7, 11) is 4.08. The highest BCUT2D eigenvalue weighted by Gasteiger charge is 1.97. The van der Waals surface area contributed by atoms with Crippen molar-refractivity contribution in [3.8, 4) is 0 Å². The van der Waals surface area contributed by atoms with E-state index in [1.165, 1.54) is 0 Å². The second-order valence-electron chi connectivity index (χ2n) is 4.41. The van der Waals surface area contributed by atoms with Crippen molar-refractivity contribution in [1.82, 2.24) is 10.2 Å². The van der Waals surface area contributed by atoms with Gasteiger partial charge < -0.3 is 20.6 Å². The minimum Gasteiger partial charge on any atom is -0.465 e. The molecule has 0 saturated carbocycles. The van der Waals surface area contributed by atoms with E-state index in [1.807, 2.05) is 38.4 Å². The molecular weight excluding hydrogens is 230 g/mol. The molecule has 0 heterocycles. The maximum Gasteiger partial charge on any atom is 0.404 e. The van der Waals surface area contributed by atoms with Crippen LogP contribution in [0.15, 0.2) is 24.3 Å². The molecular formula is C13H21N3O2.